The number of aromatic nitrogens is 4. The van der Waals surface area contributed by atoms with E-state index in [1.807, 2.05) is 35.0 Å². The number of fused-ring (bicyclic) bond motifs is 1. The predicted octanol–water partition coefficient (Wildman–Crippen LogP) is 5.08. The van der Waals surface area contributed by atoms with Crippen molar-refractivity contribution in [3.63, 3.8) is 0 Å². The van der Waals surface area contributed by atoms with Crippen molar-refractivity contribution in [3.8, 4) is 11.4 Å². The molecule has 2 aliphatic heterocycles. The average Bonchev–Trinajstić information content (AvgIpc) is 3.52. The van der Waals surface area contributed by atoms with Crippen LogP contribution in [0.5, 0.6) is 0 Å². The molecule has 0 bridgehead atoms. The highest BCUT2D eigenvalue weighted by Crippen LogP contribution is 2.36. The van der Waals surface area contributed by atoms with Crippen LogP contribution >= 0.6 is 0 Å². The Bertz CT molecular complexity index is 1310. The van der Waals surface area contributed by atoms with E-state index >= 15 is 0 Å². The molecule has 0 unspecified atom stereocenters. The molecule has 0 aliphatic carbocycles. The van der Waals surface area contributed by atoms with Gasteiger partial charge in [0.2, 0.25) is 0 Å². The van der Waals surface area contributed by atoms with Gasteiger partial charge in [-0.05, 0) is 87.8 Å². The van der Waals surface area contributed by atoms with Gasteiger partial charge in [-0.3, -0.25) is 4.98 Å². The van der Waals surface area contributed by atoms with Crippen LogP contribution in [0, 0.1) is 5.82 Å². The molecule has 0 amide bonds. The van der Waals surface area contributed by atoms with E-state index in [-0.39, 0.29) is 11.9 Å². The summed E-state index contributed by atoms with van der Waals surface area (Å²) in [5.41, 5.74) is 4.75. The van der Waals surface area contributed by atoms with Gasteiger partial charge in [0, 0.05) is 18.2 Å². The third kappa shape index (κ3) is 3.94. The smallest absolute Gasteiger partial charge is 0.154 e. The molecule has 1 aromatic carbocycles. The van der Waals surface area contributed by atoms with Gasteiger partial charge in [-0.25, -0.2) is 13.9 Å². The summed E-state index contributed by atoms with van der Waals surface area (Å²) in [5, 5.41) is 4.98. The van der Waals surface area contributed by atoms with Crippen molar-refractivity contribution in [1.82, 2.24) is 24.5 Å². The van der Waals surface area contributed by atoms with Crippen molar-refractivity contribution in [3.05, 3.63) is 77.9 Å². The molecule has 6 nitrogen and oxygen atoms in total. The van der Waals surface area contributed by atoms with Gasteiger partial charge in [0.05, 0.1) is 17.9 Å². The first-order valence-electron chi connectivity index (χ1n) is 12.2. The van der Waals surface area contributed by atoms with Gasteiger partial charge in [-0.1, -0.05) is 18.2 Å². The third-order valence-electron chi connectivity index (χ3n) is 7.30. The molecule has 4 aromatic rings. The van der Waals surface area contributed by atoms with E-state index in [9.17, 15) is 4.39 Å². The Morgan fingerprint density at radius 2 is 1.79 bits per heavy atom. The number of anilines is 1. The largest absolute Gasteiger partial charge is 0.348 e. The Kier molecular flexibility index (Phi) is 5.49. The minimum atomic E-state index is -0.194. The lowest BCUT2D eigenvalue weighted by Gasteiger charge is -2.28. The van der Waals surface area contributed by atoms with Crippen LogP contribution in [0.3, 0.4) is 0 Å². The van der Waals surface area contributed by atoms with Crippen molar-refractivity contribution in [1.29, 1.82) is 0 Å². The normalized spacial score (nSPS) is 19.8. The topological polar surface area (TPSA) is 49.6 Å². The Morgan fingerprint density at radius 3 is 2.65 bits per heavy atom. The van der Waals surface area contributed by atoms with Crippen LogP contribution in [0.25, 0.3) is 17.0 Å². The molecule has 6 rings (SSSR count). The predicted molar refractivity (Wildman–Crippen MR) is 131 cm³/mol. The number of likely N-dealkylation sites (tertiary alicyclic amines) is 1. The number of hydrogen-bond acceptors (Lipinski definition) is 5. The highest BCUT2D eigenvalue weighted by atomic mass is 19.1. The van der Waals surface area contributed by atoms with Gasteiger partial charge >= 0.3 is 0 Å². The first kappa shape index (κ1) is 21.2. The summed E-state index contributed by atoms with van der Waals surface area (Å²) in [6.45, 7) is 3.12. The average molecular weight is 457 g/mol. The number of hydrogen-bond donors (Lipinski definition) is 0. The maximum absolute atomic E-state index is 13.9. The van der Waals surface area contributed by atoms with Crippen LogP contribution in [0.4, 0.5) is 10.2 Å². The molecule has 1 atom stereocenters. The molecule has 0 N–H and O–H groups in total. The zero-order valence-corrected chi connectivity index (χ0v) is 19.4. The van der Waals surface area contributed by atoms with Crippen molar-refractivity contribution in [2.75, 3.05) is 31.6 Å². The second-order valence-electron chi connectivity index (χ2n) is 9.54. The number of piperidine rings is 1. The quantitative estimate of drug-likeness (QED) is 0.429. The summed E-state index contributed by atoms with van der Waals surface area (Å²) < 4.78 is 15.8. The molecule has 3 aromatic heterocycles. The van der Waals surface area contributed by atoms with Crippen LogP contribution in [0.15, 0.2) is 60.8 Å². The van der Waals surface area contributed by atoms with E-state index in [1.165, 1.54) is 6.07 Å². The number of pyridine rings is 1. The standard InChI is InChI=1S/C27H29FN6/c1-32-15-12-19(13-16-32)22-7-3-8-23(30-22)25-18-29-26-10-11-27(31-34(25)26)33-14-4-9-24(33)20-5-2-6-21(28)17-20/h2-3,5-8,10-11,17-19,24H,4,9,12-16H2,1H3/t24-/m1/s1. The summed E-state index contributed by atoms with van der Waals surface area (Å²) in [4.78, 5) is 14.3. The third-order valence-corrected chi connectivity index (χ3v) is 7.30. The van der Waals surface area contributed by atoms with Gasteiger partial charge in [-0.15, -0.1) is 5.10 Å². The first-order chi connectivity index (χ1) is 16.7. The molecule has 0 saturated carbocycles. The summed E-state index contributed by atoms with van der Waals surface area (Å²) in [6.07, 6.45) is 6.18. The molecule has 2 aliphatic rings. The van der Waals surface area contributed by atoms with Crippen LogP contribution < -0.4 is 4.90 Å². The van der Waals surface area contributed by atoms with Crippen molar-refractivity contribution in [2.24, 2.45) is 0 Å². The maximum atomic E-state index is 13.9. The van der Waals surface area contributed by atoms with Crippen molar-refractivity contribution in [2.45, 2.75) is 37.6 Å². The van der Waals surface area contributed by atoms with Gasteiger partial charge in [0.25, 0.3) is 0 Å². The van der Waals surface area contributed by atoms with Crippen LogP contribution in [0.1, 0.15) is 48.9 Å². The van der Waals surface area contributed by atoms with Gasteiger partial charge in [0.15, 0.2) is 5.65 Å². The zero-order chi connectivity index (χ0) is 23.1. The fraction of sp³-hybridized carbons (Fsp3) is 0.370. The van der Waals surface area contributed by atoms with Crippen molar-refractivity contribution >= 4 is 11.5 Å². The molecular formula is C27H29FN6. The molecule has 34 heavy (non-hydrogen) atoms. The van der Waals surface area contributed by atoms with Crippen LogP contribution in [-0.2, 0) is 0 Å². The SMILES string of the molecule is CN1CCC(c2cccc(-c3cnc4ccc(N5CCC[C@@H]5c5cccc(F)c5)nn34)n2)CC1. The first-order valence-corrected chi connectivity index (χ1v) is 12.2. The minimum Gasteiger partial charge on any atom is -0.348 e. The Balaban J connectivity index is 1.34. The summed E-state index contributed by atoms with van der Waals surface area (Å²) in [5.74, 6) is 1.18. The molecule has 0 radical (unpaired) electrons. The number of rotatable bonds is 4. The Morgan fingerprint density at radius 1 is 0.941 bits per heavy atom. The molecule has 5 heterocycles. The number of benzene rings is 1. The van der Waals surface area contributed by atoms with Gasteiger partial charge < -0.3 is 9.80 Å². The fourth-order valence-corrected chi connectivity index (χ4v) is 5.42. The Hall–Kier alpha value is -3.32. The summed E-state index contributed by atoms with van der Waals surface area (Å²) in [6, 6.07) is 17.4. The van der Waals surface area contributed by atoms with Crippen LogP contribution in [-0.4, -0.2) is 51.2 Å². The molecule has 0 spiro atoms. The lowest BCUT2D eigenvalue weighted by molar-refractivity contribution is 0.253. The second-order valence-corrected chi connectivity index (χ2v) is 9.54. The molecule has 174 valence electrons. The number of imidazole rings is 1. The van der Waals surface area contributed by atoms with E-state index in [0.717, 1.165) is 79.4 Å². The highest BCUT2D eigenvalue weighted by molar-refractivity contribution is 5.61. The van der Waals surface area contributed by atoms with Crippen LogP contribution in [0.2, 0.25) is 0 Å². The van der Waals surface area contributed by atoms with E-state index in [0.29, 0.717) is 5.92 Å². The van der Waals surface area contributed by atoms with E-state index in [4.69, 9.17) is 10.1 Å². The lowest BCUT2D eigenvalue weighted by atomic mass is 9.93. The minimum absolute atomic E-state index is 0.124. The number of nitrogens with zero attached hydrogens (tertiary/aromatic N) is 6. The maximum Gasteiger partial charge on any atom is 0.154 e. The molecule has 7 heteroatoms. The Labute approximate surface area is 199 Å². The van der Waals surface area contributed by atoms with E-state index < -0.39 is 0 Å². The monoisotopic (exact) mass is 456 g/mol. The van der Waals surface area contributed by atoms with Gasteiger partial charge in [-0.2, -0.15) is 0 Å². The zero-order valence-electron chi connectivity index (χ0n) is 19.4. The van der Waals surface area contributed by atoms with E-state index in [1.54, 1.807) is 12.1 Å². The fourth-order valence-electron chi connectivity index (χ4n) is 5.42. The number of halogens is 1. The van der Waals surface area contributed by atoms with E-state index in [2.05, 4.69) is 34.0 Å². The van der Waals surface area contributed by atoms with Crippen molar-refractivity contribution < 1.29 is 4.39 Å². The summed E-state index contributed by atoms with van der Waals surface area (Å²) in [7, 11) is 2.18. The highest BCUT2D eigenvalue weighted by Gasteiger charge is 2.28. The van der Waals surface area contributed by atoms with Gasteiger partial charge in [0.1, 0.15) is 17.3 Å². The summed E-state index contributed by atoms with van der Waals surface area (Å²) >= 11 is 0. The second kappa shape index (κ2) is 8.80. The molecule has 2 fully saturated rings. The molecular weight excluding hydrogens is 427 g/mol. The molecule has 2 saturated heterocycles. The lowest BCUT2D eigenvalue weighted by Crippen LogP contribution is -2.29.